The third-order valence-corrected chi connectivity index (χ3v) is 3.55. The van der Waals surface area contributed by atoms with Gasteiger partial charge in [-0.15, -0.1) is 0 Å². The lowest BCUT2D eigenvalue weighted by Gasteiger charge is -2.24. The predicted molar refractivity (Wildman–Crippen MR) is 77.7 cm³/mol. The first-order valence-corrected chi connectivity index (χ1v) is 6.89. The molecule has 0 radical (unpaired) electrons. The van der Waals surface area contributed by atoms with Crippen LogP contribution in [0.25, 0.3) is 5.57 Å². The molecule has 0 spiro atoms. The van der Waals surface area contributed by atoms with E-state index < -0.39 is 0 Å². The van der Waals surface area contributed by atoms with Crippen molar-refractivity contribution >= 4 is 11.9 Å². The highest BCUT2D eigenvalue weighted by Crippen LogP contribution is 2.26. The molecule has 3 nitrogen and oxygen atoms in total. The number of aldehydes is 1. The number of piperidine rings is 1. The van der Waals surface area contributed by atoms with Crippen LogP contribution >= 0.6 is 0 Å². The van der Waals surface area contributed by atoms with E-state index in [-0.39, 0.29) is 6.10 Å². The quantitative estimate of drug-likeness (QED) is 0.826. The van der Waals surface area contributed by atoms with Crippen LogP contribution in [0.15, 0.2) is 24.8 Å². The maximum Gasteiger partial charge on any atom is 0.150 e. The number of hydrogen-bond acceptors (Lipinski definition) is 3. The molecule has 1 aromatic carbocycles. The Bertz CT molecular complexity index is 462. The number of hydrogen-bond donors (Lipinski definition) is 1. The van der Waals surface area contributed by atoms with Crippen LogP contribution in [-0.4, -0.2) is 25.5 Å². The summed E-state index contributed by atoms with van der Waals surface area (Å²) in [7, 11) is 0. The number of nitrogens with one attached hydrogen (secondary N) is 1. The van der Waals surface area contributed by atoms with Gasteiger partial charge in [0.15, 0.2) is 6.29 Å². The molecule has 0 bridgehead atoms. The second-order valence-corrected chi connectivity index (χ2v) is 4.89. The van der Waals surface area contributed by atoms with Gasteiger partial charge in [-0.25, -0.2) is 0 Å². The Morgan fingerprint density at radius 3 is 2.84 bits per heavy atom. The van der Waals surface area contributed by atoms with Crippen molar-refractivity contribution in [2.75, 3.05) is 13.1 Å². The fraction of sp³-hybridized carbons (Fsp3) is 0.438. The van der Waals surface area contributed by atoms with Crippen LogP contribution in [0, 0.1) is 0 Å². The molecule has 0 aromatic heterocycles. The number of rotatable bonds is 5. The molecule has 1 heterocycles. The topological polar surface area (TPSA) is 38.3 Å². The largest absolute Gasteiger partial charge is 0.490 e. The second kappa shape index (κ2) is 6.53. The molecule has 1 fully saturated rings. The molecule has 1 aliphatic rings. The summed E-state index contributed by atoms with van der Waals surface area (Å²) in [5.74, 6) is 0.835. The lowest BCUT2D eigenvalue weighted by Crippen LogP contribution is -2.34. The molecule has 0 saturated carbocycles. The average molecular weight is 259 g/mol. The fourth-order valence-electron chi connectivity index (χ4n) is 2.31. The molecular weight excluding hydrogens is 238 g/mol. The Morgan fingerprint density at radius 2 is 2.21 bits per heavy atom. The van der Waals surface area contributed by atoms with Gasteiger partial charge in [-0.3, -0.25) is 4.79 Å². The Labute approximate surface area is 114 Å². The standard InChI is InChI=1S/C16H21NO2/c1-3-12(2)16-10-15(5-4-13(16)11-18)19-14-6-8-17-9-7-14/h4-5,10-11,14,17H,2-3,6-9H2,1H3. The van der Waals surface area contributed by atoms with Crippen molar-refractivity contribution < 1.29 is 9.53 Å². The van der Waals surface area contributed by atoms with Crippen LogP contribution < -0.4 is 10.1 Å². The number of carbonyl (C=O) groups excluding carboxylic acids is 1. The monoisotopic (exact) mass is 259 g/mol. The van der Waals surface area contributed by atoms with Crippen molar-refractivity contribution in [1.82, 2.24) is 5.32 Å². The van der Waals surface area contributed by atoms with E-state index in [4.69, 9.17) is 4.74 Å². The van der Waals surface area contributed by atoms with Crippen molar-refractivity contribution in [3.8, 4) is 5.75 Å². The van der Waals surface area contributed by atoms with Gasteiger partial charge in [0.05, 0.1) is 0 Å². The van der Waals surface area contributed by atoms with Gasteiger partial charge in [-0.1, -0.05) is 13.5 Å². The molecule has 2 rings (SSSR count). The molecule has 19 heavy (non-hydrogen) atoms. The highest BCUT2D eigenvalue weighted by Gasteiger charge is 2.15. The first-order valence-electron chi connectivity index (χ1n) is 6.89. The summed E-state index contributed by atoms with van der Waals surface area (Å²) < 4.78 is 5.99. The third kappa shape index (κ3) is 3.44. The van der Waals surface area contributed by atoms with Gasteiger partial charge in [0.1, 0.15) is 11.9 Å². The van der Waals surface area contributed by atoms with E-state index in [1.807, 2.05) is 25.1 Å². The molecule has 3 heteroatoms. The Morgan fingerprint density at radius 1 is 1.47 bits per heavy atom. The zero-order valence-electron chi connectivity index (χ0n) is 11.4. The molecular formula is C16H21NO2. The lowest BCUT2D eigenvalue weighted by molar-refractivity contribution is 0.112. The maximum atomic E-state index is 11.1. The van der Waals surface area contributed by atoms with E-state index in [9.17, 15) is 4.79 Å². The highest BCUT2D eigenvalue weighted by atomic mass is 16.5. The van der Waals surface area contributed by atoms with Crippen LogP contribution in [0.2, 0.25) is 0 Å². The molecule has 0 atom stereocenters. The summed E-state index contributed by atoms with van der Waals surface area (Å²) in [5.41, 5.74) is 2.56. The summed E-state index contributed by atoms with van der Waals surface area (Å²) in [4.78, 5) is 11.1. The summed E-state index contributed by atoms with van der Waals surface area (Å²) in [6.07, 6.45) is 4.03. The van der Waals surface area contributed by atoms with Gasteiger partial charge in [-0.2, -0.15) is 0 Å². The van der Waals surface area contributed by atoms with Crippen molar-refractivity contribution in [3.63, 3.8) is 0 Å². The van der Waals surface area contributed by atoms with E-state index in [2.05, 4.69) is 11.9 Å². The molecule has 1 N–H and O–H groups in total. The van der Waals surface area contributed by atoms with Crippen molar-refractivity contribution in [2.24, 2.45) is 0 Å². The van der Waals surface area contributed by atoms with Crippen LogP contribution in [0.5, 0.6) is 5.75 Å². The maximum absolute atomic E-state index is 11.1. The van der Waals surface area contributed by atoms with E-state index in [0.717, 1.165) is 55.5 Å². The molecule has 0 aliphatic carbocycles. The first kappa shape index (κ1) is 13.8. The number of carbonyl (C=O) groups is 1. The van der Waals surface area contributed by atoms with Gasteiger partial charge < -0.3 is 10.1 Å². The summed E-state index contributed by atoms with van der Waals surface area (Å²) in [6, 6.07) is 5.63. The molecule has 102 valence electrons. The highest BCUT2D eigenvalue weighted by molar-refractivity contribution is 5.85. The number of allylic oxidation sites excluding steroid dienone is 1. The van der Waals surface area contributed by atoms with E-state index in [0.29, 0.717) is 5.56 Å². The first-order chi connectivity index (χ1) is 9.24. The van der Waals surface area contributed by atoms with E-state index in [1.165, 1.54) is 0 Å². The normalized spacial score (nSPS) is 16.1. The second-order valence-electron chi connectivity index (χ2n) is 4.89. The Kier molecular flexibility index (Phi) is 4.74. The third-order valence-electron chi connectivity index (χ3n) is 3.55. The van der Waals surface area contributed by atoms with Gasteiger partial charge in [0.25, 0.3) is 0 Å². The van der Waals surface area contributed by atoms with E-state index in [1.54, 1.807) is 0 Å². The Hall–Kier alpha value is -1.61. The summed E-state index contributed by atoms with van der Waals surface area (Å²) >= 11 is 0. The summed E-state index contributed by atoms with van der Waals surface area (Å²) in [5, 5.41) is 3.32. The predicted octanol–water partition coefficient (Wildman–Crippen LogP) is 3.05. The SMILES string of the molecule is C=C(CC)c1cc(OC2CCNCC2)ccc1C=O. The average Bonchev–Trinajstić information content (AvgIpc) is 2.47. The minimum absolute atomic E-state index is 0.270. The van der Waals surface area contributed by atoms with Gasteiger partial charge in [-0.05, 0) is 61.7 Å². The van der Waals surface area contributed by atoms with Crippen LogP contribution in [-0.2, 0) is 0 Å². The molecule has 1 aromatic rings. The van der Waals surface area contributed by atoms with Crippen molar-refractivity contribution in [3.05, 3.63) is 35.9 Å². The van der Waals surface area contributed by atoms with Crippen LogP contribution in [0.3, 0.4) is 0 Å². The molecule has 0 unspecified atom stereocenters. The van der Waals surface area contributed by atoms with Gasteiger partial charge in [0, 0.05) is 5.56 Å². The minimum Gasteiger partial charge on any atom is -0.490 e. The zero-order chi connectivity index (χ0) is 13.7. The number of benzene rings is 1. The van der Waals surface area contributed by atoms with Gasteiger partial charge in [0.2, 0.25) is 0 Å². The van der Waals surface area contributed by atoms with Crippen LogP contribution in [0.1, 0.15) is 42.1 Å². The van der Waals surface area contributed by atoms with E-state index >= 15 is 0 Å². The minimum atomic E-state index is 0.270. The fourth-order valence-corrected chi connectivity index (χ4v) is 2.31. The van der Waals surface area contributed by atoms with Crippen molar-refractivity contribution in [2.45, 2.75) is 32.3 Å². The lowest BCUT2D eigenvalue weighted by atomic mass is 9.99. The molecule has 0 amide bonds. The Balaban J connectivity index is 2.17. The van der Waals surface area contributed by atoms with Crippen LogP contribution in [0.4, 0.5) is 0 Å². The number of ether oxygens (including phenoxy) is 1. The van der Waals surface area contributed by atoms with Gasteiger partial charge >= 0.3 is 0 Å². The molecule has 1 aliphatic heterocycles. The molecule has 1 saturated heterocycles. The zero-order valence-corrected chi connectivity index (χ0v) is 11.4. The van der Waals surface area contributed by atoms with Crippen molar-refractivity contribution in [1.29, 1.82) is 0 Å². The summed E-state index contributed by atoms with van der Waals surface area (Å²) in [6.45, 7) is 8.07. The smallest absolute Gasteiger partial charge is 0.150 e.